The molecule has 9 heteroatoms. The lowest BCUT2D eigenvalue weighted by Gasteiger charge is -2.21. The molecule has 0 bridgehead atoms. The van der Waals surface area contributed by atoms with Gasteiger partial charge in [-0.05, 0) is 78.8 Å². The fourth-order valence-corrected chi connectivity index (χ4v) is 8.24. The van der Waals surface area contributed by atoms with E-state index in [2.05, 4.69) is 6.92 Å². The summed E-state index contributed by atoms with van der Waals surface area (Å²) in [6, 6.07) is 11.4. The summed E-state index contributed by atoms with van der Waals surface area (Å²) < 4.78 is 0. The minimum absolute atomic E-state index is 0.0115. The standard InChI is InChI=1S/C33H48O4.C15H10O5/c1-2-3-4-5-6-7-8-9-10-11-12-13-14-15-16-17-18-19-25-20-26-22-27-23-28(34)24-30(36)32(27)33(37)31(26)29(35)21-25;1-6-2-8-12(10(17)3-6)15(20)13-9(14(8)19)4-7(16)5-11(13)18/h20-21,23-24,34-36H,2-19,22H2,1H3;2-5,16-18H,1H3. The highest BCUT2D eigenvalue weighted by molar-refractivity contribution is 6.30. The van der Waals surface area contributed by atoms with E-state index in [1.54, 1.807) is 13.0 Å². The number of benzene rings is 4. The number of rotatable bonds is 18. The molecule has 0 aliphatic heterocycles. The molecule has 4 aromatic rings. The van der Waals surface area contributed by atoms with Crippen LogP contribution in [0.1, 0.15) is 186 Å². The Kier molecular flexibility index (Phi) is 15.2. The van der Waals surface area contributed by atoms with Crippen LogP contribution in [0.15, 0.2) is 48.5 Å². The number of aromatic hydroxyl groups is 6. The molecule has 0 heterocycles. The van der Waals surface area contributed by atoms with Crippen molar-refractivity contribution in [2.24, 2.45) is 0 Å². The summed E-state index contributed by atoms with van der Waals surface area (Å²) >= 11 is 0. The Morgan fingerprint density at radius 1 is 0.421 bits per heavy atom. The van der Waals surface area contributed by atoms with Crippen LogP contribution in [-0.2, 0) is 12.8 Å². The Balaban J connectivity index is 0.000000259. The summed E-state index contributed by atoms with van der Waals surface area (Å²) in [6.07, 6.45) is 24.2. The molecule has 0 saturated heterocycles. The van der Waals surface area contributed by atoms with E-state index < -0.39 is 17.3 Å². The molecule has 0 aromatic heterocycles. The first-order chi connectivity index (χ1) is 27.4. The number of unbranched alkanes of at least 4 members (excludes halogenated alkanes) is 16. The van der Waals surface area contributed by atoms with Gasteiger partial charge in [0.25, 0.3) is 0 Å². The van der Waals surface area contributed by atoms with Crippen LogP contribution in [0.4, 0.5) is 0 Å². The molecule has 0 saturated carbocycles. The average Bonchev–Trinajstić information content (AvgIpc) is 3.14. The number of phenolic OH excluding ortho intramolecular Hbond substituents is 6. The normalized spacial score (nSPS) is 12.7. The summed E-state index contributed by atoms with van der Waals surface area (Å²) in [6.45, 7) is 3.96. The Morgan fingerprint density at radius 2 is 0.825 bits per heavy atom. The van der Waals surface area contributed by atoms with Crippen molar-refractivity contribution < 1.29 is 45.0 Å². The average molecular weight is 779 g/mol. The summed E-state index contributed by atoms with van der Waals surface area (Å²) in [5, 5.41) is 59.6. The molecule has 6 rings (SSSR count). The van der Waals surface area contributed by atoms with Crippen molar-refractivity contribution in [2.45, 2.75) is 136 Å². The van der Waals surface area contributed by atoms with E-state index in [1.165, 1.54) is 127 Å². The fourth-order valence-electron chi connectivity index (χ4n) is 8.24. The van der Waals surface area contributed by atoms with Gasteiger partial charge in [0.05, 0.1) is 22.3 Å². The lowest BCUT2D eigenvalue weighted by molar-refractivity contribution is 0.0974. The van der Waals surface area contributed by atoms with Gasteiger partial charge in [0.1, 0.15) is 34.5 Å². The molecule has 9 nitrogen and oxygen atoms in total. The maximum atomic E-state index is 12.9. The third-order valence-corrected chi connectivity index (χ3v) is 11.2. The van der Waals surface area contributed by atoms with E-state index in [4.69, 9.17) is 0 Å². The molecular weight excluding hydrogens is 721 g/mol. The molecule has 0 atom stereocenters. The van der Waals surface area contributed by atoms with Crippen LogP contribution in [0.2, 0.25) is 0 Å². The SMILES string of the molecule is CCCCCCCCCCCCCCCCCCCc1cc(O)c2c(c1)Cc1cc(O)cc(O)c1C2=O.Cc1cc(O)c2c(c1)C(=O)c1cc(O)cc(O)c1C2=O. The van der Waals surface area contributed by atoms with Crippen molar-refractivity contribution in [2.75, 3.05) is 0 Å². The Hall–Kier alpha value is -5.31. The molecule has 0 amide bonds. The minimum atomic E-state index is -0.635. The first kappa shape index (κ1) is 42.8. The summed E-state index contributed by atoms with van der Waals surface area (Å²) in [5.41, 5.74) is 3.20. The summed E-state index contributed by atoms with van der Waals surface area (Å²) in [4.78, 5) is 37.6. The van der Waals surface area contributed by atoms with E-state index >= 15 is 0 Å². The smallest absolute Gasteiger partial charge is 0.201 e. The zero-order valence-electron chi connectivity index (χ0n) is 33.5. The molecule has 0 fully saturated rings. The largest absolute Gasteiger partial charge is 0.508 e. The molecule has 304 valence electrons. The number of hydrogen-bond acceptors (Lipinski definition) is 9. The van der Waals surface area contributed by atoms with Gasteiger partial charge in [-0.25, -0.2) is 0 Å². The van der Waals surface area contributed by atoms with Crippen LogP contribution >= 0.6 is 0 Å². The van der Waals surface area contributed by atoms with Gasteiger partial charge in [0.2, 0.25) is 11.6 Å². The number of aryl methyl sites for hydroxylation is 2. The van der Waals surface area contributed by atoms with Gasteiger partial charge >= 0.3 is 0 Å². The van der Waals surface area contributed by atoms with Gasteiger partial charge in [-0.2, -0.15) is 0 Å². The zero-order valence-corrected chi connectivity index (χ0v) is 33.5. The molecule has 2 aliphatic carbocycles. The lowest BCUT2D eigenvalue weighted by Crippen LogP contribution is -2.21. The van der Waals surface area contributed by atoms with Crippen molar-refractivity contribution in [3.05, 3.63) is 104 Å². The Morgan fingerprint density at radius 3 is 1.37 bits per heavy atom. The molecule has 57 heavy (non-hydrogen) atoms. The fraction of sp³-hybridized carbons (Fsp3) is 0.438. The maximum absolute atomic E-state index is 12.9. The zero-order chi connectivity index (χ0) is 41.1. The summed E-state index contributed by atoms with van der Waals surface area (Å²) in [7, 11) is 0. The number of carbonyl (C=O) groups is 3. The van der Waals surface area contributed by atoms with E-state index in [1.807, 2.05) is 6.07 Å². The number of fused-ring (bicyclic) bond motifs is 4. The number of phenols is 6. The Labute approximate surface area is 336 Å². The molecule has 6 N–H and O–H groups in total. The van der Waals surface area contributed by atoms with E-state index in [0.717, 1.165) is 36.1 Å². The van der Waals surface area contributed by atoms with Gasteiger partial charge in [-0.1, -0.05) is 116 Å². The third-order valence-electron chi connectivity index (χ3n) is 11.2. The first-order valence-corrected chi connectivity index (χ1v) is 20.8. The van der Waals surface area contributed by atoms with Gasteiger partial charge in [-0.15, -0.1) is 0 Å². The highest BCUT2D eigenvalue weighted by Gasteiger charge is 2.35. The molecule has 0 spiro atoms. The van der Waals surface area contributed by atoms with Crippen molar-refractivity contribution in [3.63, 3.8) is 0 Å². The van der Waals surface area contributed by atoms with Crippen LogP contribution in [0.25, 0.3) is 0 Å². The van der Waals surface area contributed by atoms with Crippen LogP contribution in [0.3, 0.4) is 0 Å². The van der Waals surface area contributed by atoms with E-state index in [9.17, 15) is 45.0 Å². The van der Waals surface area contributed by atoms with Crippen LogP contribution in [-0.4, -0.2) is 48.0 Å². The van der Waals surface area contributed by atoms with E-state index in [-0.39, 0.29) is 67.9 Å². The second-order valence-electron chi connectivity index (χ2n) is 15.8. The molecular formula is C48H58O9. The van der Waals surface area contributed by atoms with Crippen LogP contribution in [0, 0.1) is 6.92 Å². The van der Waals surface area contributed by atoms with Crippen molar-refractivity contribution in [1.29, 1.82) is 0 Å². The lowest BCUT2D eigenvalue weighted by atomic mass is 9.82. The van der Waals surface area contributed by atoms with Crippen molar-refractivity contribution in [3.8, 4) is 34.5 Å². The van der Waals surface area contributed by atoms with Gasteiger partial charge in [0, 0.05) is 23.3 Å². The second-order valence-corrected chi connectivity index (χ2v) is 15.8. The monoisotopic (exact) mass is 778 g/mol. The first-order valence-electron chi connectivity index (χ1n) is 20.8. The predicted molar refractivity (Wildman–Crippen MR) is 221 cm³/mol. The minimum Gasteiger partial charge on any atom is -0.508 e. The Bertz CT molecular complexity index is 2020. The number of carbonyl (C=O) groups excluding carboxylic acids is 3. The number of ketones is 3. The predicted octanol–water partition coefficient (Wildman–Crippen LogP) is 11.0. The van der Waals surface area contributed by atoms with Gasteiger partial charge in [0.15, 0.2) is 5.78 Å². The van der Waals surface area contributed by atoms with E-state index in [0.29, 0.717) is 17.5 Å². The van der Waals surface area contributed by atoms with Crippen LogP contribution < -0.4 is 0 Å². The molecule has 2 aliphatic rings. The van der Waals surface area contributed by atoms with Crippen molar-refractivity contribution >= 4 is 17.3 Å². The molecule has 4 aromatic carbocycles. The van der Waals surface area contributed by atoms with Gasteiger partial charge < -0.3 is 30.6 Å². The highest BCUT2D eigenvalue weighted by atomic mass is 16.3. The topological polar surface area (TPSA) is 173 Å². The number of hydrogen-bond donors (Lipinski definition) is 6. The molecule has 0 radical (unpaired) electrons. The van der Waals surface area contributed by atoms with Crippen molar-refractivity contribution in [1.82, 2.24) is 0 Å². The quantitative estimate of drug-likeness (QED) is 0.0464. The van der Waals surface area contributed by atoms with Gasteiger partial charge in [-0.3, -0.25) is 14.4 Å². The molecule has 0 unspecified atom stereocenters. The third kappa shape index (κ3) is 10.8. The maximum Gasteiger partial charge on any atom is 0.201 e. The second kappa shape index (κ2) is 20.2. The summed E-state index contributed by atoms with van der Waals surface area (Å²) in [5.74, 6) is -2.92. The highest BCUT2D eigenvalue weighted by Crippen LogP contribution is 2.40. The van der Waals surface area contributed by atoms with Crippen LogP contribution in [0.5, 0.6) is 34.5 Å².